The third kappa shape index (κ3) is 2.21. The highest BCUT2D eigenvalue weighted by atomic mass is 15.2. The van der Waals surface area contributed by atoms with E-state index in [0.29, 0.717) is 0 Å². The molecule has 0 saturated heterocycles. The number of terminal acetylenes is 1. The summed E-state index contributed by atoms with van der Waals surface area (Å²) in [6.07, 6.45) is 5.47. The van der Waals surface area contributed by atoms with Gasteiger partial charge in [-0.3, -0.25) is 0 Å². The van der Waals surface area contributed by atoms with Gasteiger partial charge in [0, 0.05) is 10.8 Å². The number of rotatable bonds is 2. The number of benzene rings is 1. The summed E-state index contributed by atoms with van der Waals surface area (Å²) < 4.78 is 0. The lowest BCUT2D eigenvalue weighted by Crippen LogP contribution is -2.29. The molecule has 3 nitrogen and oxygen atoms in total. The molecular weight excluding hydrogens is 210 g/mol. The molecule has 0 bridgehead atoms. The lowest BCUT2D eigenvalue weighted by Gasteiger charge is -2.21. The Kier molecular flexibility index (Phi) is 2.72. The quantitative estimate of drug-likeness (QED) is 0.799. The van der Waals surface area contributed by atoms with E-state index in [1.165, 1.54) is 0 Å². The van der Waals surface area contributed by atoms with Crippen molar-refractivity contribution in [2.45, 2.75) is 26.3 Å². The average molecular weight is 225 g/mol. The Balaban J connectivity index is 2.57. The van der Waals surface area contributed by atoms with Crippen LogP contribution in [0.3, 0.4) is 0 Å². The van der Waals surface area contributed by atoms with E-state index in [9.17, 15) is 0 Å². The molecule has 0 unspecified atom stereocenters. The molecule has 0 aliphatic carbocycles. The smallest absolute Gasteiger partial charge is 0.157 e. The highest BCUT2D eigenvalue weighted by molar-refractivity contribution is 5.93. The summed E-state index contributed by atoms with van der Waals surface area (Å²) in [5.41, 5.74) is 0.483. The van der Waals surface area contributed by atoms with Crippen molar-refractivity contribution in [3.05, 3.63) is 30.0 Å². The summed E-state index contributed by atoms with van der Waals surface area (Å²) in [6, 6.07) is 8.03. The zero-order valence-electron chi connectivity index (χ0n) is 10.3. The van der Waals surface area contributed by atoms with Gasteiger partial charge in [-0.25, -0.2) is 0 Å². The summed E-state index contributed by atoms with van der Waals surface area (Å²) >= 11 is 0. The molecule has 0 spiro atoms. The van der Waals surface area contributed by atoms with Gasteiger partial charge in [0.2, 0.25) is 0 Å². The Bertz CT molecular complexity index is 594. The zero-order valence-corrected chi connectivity index (χ0v) is 10.3. The standard InChI is InChI=1S/C14H15N3/c1-5-14(3,4)15-13-12-9-7-6-8-11(12)10(2)16-17-13/h1,6-9H,2-4H3,(H,15,17). The predicted octanol–water partition coefficient (Wildman–Crippen LogP) is 2.76. The number of hydrogen-bond acceptors (Lipinski definition) is 3. The molecule has 0 saturated carbocycles. The Morgan fingerprint density at radius 3 is 2.47 bits per heavy atom. The first-order valence-electron chi connectivity index (χ1n) is 5.51. The van der Waals surface area contributed by atoms with E-state index < -0.39 is 5.54 Å². The molecule has 1 aromatic heterocycles. The van der Waals surface area contributed by atoms with Crippen LogP contribution in [0.2, 0.25) is 0 Å². The minimum atomic E-state index is -0.438. The molecule has 0 aliphatic heterocycles. The second kappa shape index (κ2) is 4.06. The van der Waals surface area contributed by atoms with Crippen LogP contribution in [0.25, 0.3) is 10.8 Å². The Labute approximate surface area is 101 Å². The second-order valence-electron chi connectivity index (χ2n) is 4.57. The summed E-state index contributed by atoms with van der Waals surface area (Å²) in [6.45, 7) is 5.82. The molecule has 17 heavy (non-hydrogen) atoms. The summed E-state index contributed by atoms with van der Waals surface area (Å²) in [5, 5.41) is 13.7. The SMILES string of the molecule is C#CC(C)(C)Nc1nnc(C)c2ccccc12. The first-order valence-corrected chi connectivity index (χ1v) is 5.51. The maximum atomic E-state index is 5.47. The lowest BCUT2D eigenvalue weighted by molar-refractivity contribution is 0.733. The van der Waals surface area contributed by atoms with Crippen molar-refractivity contribution in [2.24, 2.45) is 0 Å². The third-order valence-corrected chi connectivity index (χ3v) is 2.66. The van der Waals surface area contributed by atoms with E-state index in [-0.39, 0.29) is 0 Å². The van der Waals surface area contributed by atoms with Crippen molar-refractivity contribution in [3.63, 3.8) is 0 Å². The van der Waals surface area contributed by atoms with Crippen molar-refractivity contribution >= 4 is 16.6 Å². The molecule has 0 fully saturated rings. The van der Waals surface area contributed by atoms with Gasteiger partial charge in [0.15, 0.2) is 5.82 Å². The van der Waals surface area contributed by atoms with Gasteiger partial charge in [0.1, 0.15) is 0 Å². The molecule has 3 heteroatoms. The predicted molar refractivity (Wildman–Crippen MR) is 70.8 cm³/mol. The van der Waals surface area contributed by atoms with Gasteiger partial charge in [-0.1, -0.05) is 30.2 Å². The van der Waals surface area contributed by atoms with Crippen molar-refractivity contribution < 1.29 is 0 Å². The minimum Gasteiger partial charge on any atom is -0.352 e. The summed E-state index contributed by atoms with van der Waals surface area (Å²) in [4.78, 5) is 0. The molecule has 0 aliphatic rings. The van der Waals surface area contributed by atoms with Gasteiger partial charge in [0.05, 0.1) is 11.2 Å². The summed E-state index contributed by atoms with van der Waals surface area (Å²) in [7, 11) is 0. The maximum Gasteiger partial charge on any atom is 0.157 e. The molecule has 1 aromatic carbocycles. The minimum absolute atomic E-state index is 0.438. The van der Waals surface area contributed by atoms with Crippen LogP contribution in [-0.4, -0.2) is 15.7 Å². The number of nitrogens with one attached hydrogen (secondary N) is 1. The molecular formula is C14H15N3. The van der Waals surface area contributed by atoms with Gasteiger partial charge in [0.25, 0.3) is 0 Å². The van der Waals surface area contributed by atoms with Crippen LogP contribution >= 0.6 is 0 Å². The van der Waals surface area contributed by atoms with Crippen molar-refractivity contribution in [1.29, 1.82) is 0 Å². The molecule has 0 amide bonds. The maximum absolute atomic E-state index is 5.47. The fraction of sp³-hybridized carbons (Fsp3) is 0.286. The molecule has 0 atom stereocenters. The number of fused-ring (bicyclic) bond motifs is 1. The van der Waals surface area contributed by atoms with Gasteiger partial charge in [-0.05, 0) is 20.8 Å². The topological polar surface area (TPSA) is 37.8 Å². The van der Waals surface area contributed by atoms with Crippen LogP contribution in [0, 0.1) is 19.3 Å². The molecule has 1 heterocycles. The average Bonchev–Trinajstić information content (AvgIpc) is 2.33. The van der Waals surface area contributed by atoms with Crippen molar-refractivity contribution in [3.8, 4) is 12.3 Å². The van der Waals surface area contributed by atoms with Crippen LogP contribution in [-0.2, 0) is 0 Å². The molecule has 1 N–H and O–H groups in total. The first kappa shape index (κ1) is 11.4. The number of hydrogen-bond donors (Lipinski definition) is 1. The van der Waals surface area contributed by atoms with Crippen LogP contribution in [0.4, 0.5) is 5.82 Å². The van der Waals surface area contributed by atoms with Gasteiger partial charge < -0.3 is 5.32 Å². The van der Waals surface area contributed by atoms with Gasteiger partial charge in [-0.15, -0.1) is 11.5 Å². The van der Waals surface area contributed by atoms with E-state index in [4.69, 9.17) is 6.42 Å². The normalized spacial score (nSPS) is 11.2. The number of nitrogens with zero attached hydrogens (tertiary/aromatic N) is 2. The number of aromatic nitrogens is 2. The molecule has 86 valence electrons. The Morgan fingerprint density at radius 1 is 1.18 bits per heavy atom. The van der Waals surface area contributed by atoms with Crippen molar-refractivity contribution in [2.75, 3.05) is 5.32 Å². The zero-order chi connectivity index (χ0) is 12.5. The van der Waals surface area contributed by atoms with Gasteiger partial charge >= 0.3 is 0 Å². The van der Waals surface area contributed by atoms with Crippen LogP contribution in [0.5, 0.6) is 0 Å². The van der Waals surface area contributed by atoms with Crippen LogP contribution in [0.15, 0.2) is 24.3 Å². The highest BCUT2D eigenvalue weighted by Gasteiger charge is 2.16. The molecule has 2 rings (SSSR count). The van der Waals surface area contributed by atoms with E-state index in [2.05, 4.69) is 21.4 Å². The van der Waals surface area contributed by atoms with E-state index in [1.807, 2.05) is 45.0 Å². The monoisotopic (exact) mass is 225 g/mol. The fourth-order valence-electron chi connectivity index (χ4n) is 1.66. The Hall–Kier alpha value is -2.08. The fourth-order valence-corrected chi connectivity index (χ4v) is 1.66. The van der Waals surface area contributed by atoms with Crippen LogP contribution in [0.1, 0.15) is 19.5 Å². The highest BCUT2D eigenvalue weighted by Crippen LogP contribution is 2.24. The summed E-state index contributed by atoms with van der Waals surface area (Å²) in [5.74, 6) is 3.42. The molecule has 0 radical (unpaired) electrons. The second-order valence-corrected chi connectivity index (χ2v) is 4.57. The number of aryl methyl sites for hydroxylation is 1. The third-order valence-electron chi connectivity index (χ3n) is 2.66. The van der Waals surface area contributed by atoms with E-state index in [1.54, 1.807) is 0 Å². The largest absolute Gasteiger partial charge is 0.352 e. The van der Waals surface area contributed by atoms with E-state index in [0.717, 1.165) is 22.3 Å². The van der Waals surface area contributed by atoms with Crippen molar-refractivity contribution in [1.82, 2.24) is 10.2 Å². The number of anilines is 1. The first-order chi connectivity index (χ1) is 8.03. The lowest BCUT2D eigenvalue weighted by atomic mass is 10.1. The molecule has 2 aromatic rings. The Morgan fingerprint density at radius 2 is 1.82 bits per heavy atom. The van der Waals surface area contributed by atoms with E-state index >= 15 is 0 Å². The van der Waals surface area contributed by atoms with Crippen LogP contribution < -0.4 is 5.32 Å². The van der Waals surface area contributed by atoms with Gasteiger partial charge in [-0.2, -0.15) is 5.10 Å².